The standard InChI is InChI=1S/C16H27ClO3/c1-10(2)11(3)7-8-12(4)15-13(9-14(17)18)19-16(5,6)20-15/h7-8,10-13,15H,9H2,1-6H3/b8-7-/t11-,12?,13+,15-/m1/s1. The van der Waals surface area contributed by atoms with E-state index in [-0.39, 0.29) is 29.8 Å². The van der Waals surface area contributed by atoms with Crippen molar-refractivity contribution in [1.29, 1.82) is 0 Å². The molecule has 3 nitrogen and oxygen atoms in total. The molecule has 4 heteroatoms. The van der Waals surface area contributed by atoms with Crippen LogP contribution in [0.15, 0.2) is 12.2 Å². The lowest BCUT2D eigenvalue weighted by molar-refractivity contribution is -0.149. The van der Waals surface area contributed by atoms with Gasteiger partial charge in [-0.15, -0.1) is 0 Å². The minimum absolute atomic E-state index is 0.136. The smallest absolute Gasteiger partial charge is 0.224 e. The zero-order valence-electron chi connectivity index (χ0n) is 13.4. The number of allylic oxidation sites excluding steroid dienone is 1. The van der Waals surface area contributed by atoms with Crippen molar-refractivity contribution >= 4 is 16.8 Å². The highest BCUT2D eigenvalue weighted by Crippen LogP contribution is 2.34. The van der Waals surface area contributed by atoms with E-state index in [0.717, 1.165) is 0 Å². The lowest BCUT2D eigenvalue weighted by atomic mass is 9.93. The molecule has 0 aromatic heterocycles. The normalized spacial score (nSPS) is 29.0. The number of carbonyl (C=O) groups is 1. The highest BCUT2D eigenvalue weighted by molar-refractivity contribution is 6.63. The Hall–Kier alpha value is -0.380. The molecule has 1 rings (SSSR count). The lowest BCUT2D eigenvalue weighted by Gasteiger charge is -2.21. The van der Waals surface area contributed by atoms with Gasteiger partial charge in [0.25, 0.3) is 0 Å². The molecule has 0 radical (unpaired) electrons. The minimum atomic E-state index is -0.659. The summed E-state index contributed by atoms with van der Waals surface area (Å²) >= 11 is 5.50. The molecule has 0 aromatic rings. The molecule has 0 aliphatic carbocycles. The highest BCUT2D eigenvalue weighted by atomic mass is 35.5. The predicted octanol–water partition coefficient (Wildman–Crippen LogP) is 4.15. The predicted molar refractivity (Wildman–Crippen MR) is 81.6 cm³/mol. The van der Waals surface area contributed by atoms with Crippen molar-refractivity contribution in [2.75, 3.05) is 0 Å². The maximum Gasteiger partial charge on any atom is 0.224 e. The largest absolute Gasteiger partial charge is 0.344 e. The second kappa shape index (κ2) is 7.06. The Morgan fingerprint density at radius 1 is 1.20 bits per heavy atom. The maximum absolute atomic E-state index is 11.1. The Bertz CT molecular complexity index is 363. The molecule has 1 unspecified atom stereocenters. The molecule has 1 aliphatic heterocycles. The highest BCUT2D eigenvalue weighted by Gasteiger charge is 2.43. The first-order chi connectivity index (χ1) is 9.12. The molecule has 4 atom stereocenters. The summed E-state index contributed by atoms with van der Waals surface area (Å²) < 4.78 is 11.7. The van der Waals surface area contributed by atoms with Crippen LogP contribution in [0, 0.1) is 17.8 Å². The van der Waals surface area contributed by atoms with Gasteiger partial charge in [-0.05, 0) is 37.3 Å². The number of ether oxygens (including phenoxy) is 2. The topological polar surface area (TPSA) is 35.5 Å². The number of carbonyl (C=O) groups excluding carboxylic acids is 1. The summed E-state index contributed by atoms with van der Waals surface area (Å²) in [5, 5.41) is -0.381. The summed E-state index contributed by atoms with van der Waals surface area (Å²) in [5.74, 6) is 0.642. The van der Waals surface area contributed by atoms with E-state index < -0.39 is 5.79 Å². The monoisotopic (exact) mass is 302 g/mol. The van der Waals surface area contributed by atoms with Crippen LogP contribution >= 0.6 is 11.6 Å². The third kappa shape index (κ3) is 5.19. The Labute approximate surface area is 127 Å². The van der Waals surface area contributed by atoms with Gasteiger partial charge in [-0.3, -0.25) is 4.79 Å². The van der Waals surface area contributed by atoms with Crippen molar-refractivity contribution in [1.82, 2.24) is 0 Å². The van der Waals surface area contributed by atoms with E-state index in [0.29, 0.717) is 11.8 Å². The van der Waals surface area contributed by atoms with Crippen LogP contribution in [0.5, 0.6) is 0 Å². The van der Waals surface area contributed by atoms with Crippen LogP contribution in [-0.2, 0) is 14.3 Å². The van der Waals surface area contributed by atoms with Gasteiger partial charge < -0.3 is 9.47 Å². The fourth-order valence-corrected chi connectivity index (χ4v) is 2.46. The Morgan fingerprint density at radius 3 is 2.30 bits per heavy atom. The first kappa shape index (κ1) is 17.7. The molecule has 20 heavy (non-hydrogen) atoms. The van der Waals surface area contributed by atoms with Gasteiger partial charge in [-0.25, -0.2) is 0 Å². The summed E-state index contributed by atoms with van der Waals surface area (Å²) in [6.45, 7) is 12.4. The van der Waals surface area contributed by atoms with E-state index in [2.05, 4.69) is 39.8 Å². The molecular formula is C16H27ClO3. The van der Waals surface area contributed by atoms with E-state index in [1.54, 1.807) is 0 Å². The molecule has 0 aromatic carbocycles. The average molecular weight is 303 g/mol. The molecular weight excluding hydrogens is 276 g/mol. The molecule has 116 valence electrons. The summed E-state index contributed by atoms with van der Waals surface area (Å²) in [7, 11) is 0. The van der Waals surface area contributed by atoms with Crippen LogP contribution in [0.3, 0.4) is 0 Å². The van der Waals surface area contributed by atoms with Crippen LogP contribution in [0.1, 0.15) is 48.0 Å². The van der Waals surface area contributed by atoms with Crippen LogP contribution in [0.25, 0.3) is 0 Å². The molecule has 1 heterocycles. The van der Waals surface area contributed by atoms with Gasteiger partial charge in [0.15, 0.2) is 5.79 Å². The summed E-state index contributed by atoms with van der Waals surface area (Å²) in [6, 6.07) is 0. The summed E-state index contributed by atoms with van der Waals surface area (Å²) in [4.78, 5) is 11.1. The first-order valence-corrected chi connectivity index (χ1v) is 7.72. The van der Waals surface area contributed by atoms with E-state index in [9.17, 15) is 4.79 Å². The van der Waals surface area contributed by atoms with Gasteiger partial charge in [0.1, 0.15) is 0 Å². The maximum atomic E-state index is 11.1. The van der Waals surface area contributed by atoms with E-state index in [1.165, 1.54) is 0 Å². The van der Waals surface area contributed by atoms with Crippen molar-refractivity contribution in [2.24, 2.45) is 17.8 Å². The van der Waals surface area contributed by atoms with Crippen molar-refractivity contribution in [3.8, 4) is 0 Å². The zero-order valence-corrected chi connectivity index (χ0v) is 14.1. The number of rotatable bonds is 6. The van der Waals surface area contributed by atoms with Gasteiger partial charge in [0.05, 0.1) is 18.6 Å². The Kier molecular flexibility index (Phi) is 6.24. The van der Waals surface area contributed by atoms with Crippen LogP contribution in [0.4, 0.5) is 0 Å². The zero-order chi connectivity index (χ0) is 15.5. The number of hydrogen-bond acceptors (Lipinski definition) is 3. The first-order valence-electron chi connectivity index (χ1n) is 7.34. The average Bonchev–Trinajstić information content (AvgIpc) is 2.59. The van der Waals surface area contributed by atoms with E-state index in [1.807, 2.05) is 13.8 Å². The van der Waals surface area contributed by atoms with Crippen LogP contribution < -0.4 is 0 Å². The van der Waals surface area contributed by atoms with E-state index in [4.69, 9.17) is 21.1 Å². The van der Waals surface area contributed by atoms with Gasteiger partial charge in [-0.2, -0.15) is 0 Å². The Morgan fingerprint density at radius 2 is 1.80 bits per heavy atom. The lowest BCUT2D eigenvalue weighted by Crippen LogP contribution is -2.30. The molecule has 1 aliphatic rings. The van der Waals surface area contributed by atoms with Crippen LogP contribution in [-0.4, -0.2) is 23.2 Å². The van der Waals surface area contributed by atoms with Crippen molar-refractivity contribution < 1.29 is 14.3 Å². The molecule has 0 N–H and O–H groups in total. The number of halogens is 1. The SMILES string of the molecule is CC(C)[C@H](C)/C=C\C(C)[C@H]1OC(C)(C)O[C@H]1CC(=O)Cl. The number of hydrogen-bond donors (Lipinski definition) is 0. The molecule has 0 bridgehead atoms. The molecule has 0 spiro atoms. The van der Waals surface area contributed by atoms with Crippen LogP contribution in [0.2, 0.25) is 0 Å². The van der Waals surface area contributed by atoms with Gasteiger partial charge in [0, 0.05) is 5.92 Å². The molecule has 0 amide bonds. The van der Waals surface area contributed by atoms with Crippen molar-refractivity contribution in [3.63, 3.8) is 0 Å². The Balaban J connectivity index is 2.73. The molecule has 1 saturated heterocycles. The van der Waals surface area contributed by atoms with Gasteiger partial charge in [0.2, 0.25) is 5.24 Å². The van der Waals surface area contributed by atoms with Crippen molar-refractivity contribution in [3.05, 3.63) is 12.2 Å². The van der Waals surface area contributed by atoms with Crippen molar-refractivity contribution in [2.45, 2.75) is 66.0 Å². The second-order valence-corrected chi connectivity index (χ2v) is 6.97. The summed E-state index contributed by atoms with van der Waals surface area (Å²) in [6.07, 6.45) is 4.15. The molecule has 0 saturated carbocycles. The molecule has 1 fully saturated rings. The third-order valence-corrected chi connectivity index (χ3v) is 4.03. The minimum Gasteiger partial charge on any atom is -0.344 e. The second-order valence-electron chi connectivity index (χ2n) is 6.54. The van der Waals surface area contributed by atoms with Gasteiger partial charge in [-0.1, -0.05) is 39.8 Å². The van der Waals surface area contributed by atoms with Gasteiger partial charge >= 0.3 is 0 Å². The third-order valence-electron chi connectivity index (χ3n) is 3.87. The summed E-state index contributed by atoms with van der Waals surface area (Å²) in [5.41, 5.74) is 0. The quantitative estimate of drug-likeness (QED) is 0.546. The van der Waals surface area contributed by atoms with E-state index >= 15 is 0 Å². The fourth-order valence-electron chi connectivity index (χ4n) is 2.31. The fraction of sp³-hybridized carbons (Fsp3) is 0.812.